The van der Waals surface area contributed by atoms with Crippen molar-refractivity contribution >= 4 is 11.8 Å². The van der Waals surface area contributed by atoms with Crippen molar-refractivity contribution in [3.05, 3.63) is 48.5 Å². The number of carbonyl (C=O) groups excluding carboxylic acids is 1. The minimum Gasteiger partial charge on any atom is -0.497 e. The first-order valence-corrected chi connectivity index (χ1v) is 7.56. The zero-order chi connectivity index (χ0) is 18.1. The molecule has 0 radical (unpaired) electrons. The summed E-state index contributed by atoms with van der Waals surface area (Å²) in [6, 6.07) is 13.6. The molecule has 0 atom stereocenters. The molecule has 0 aliphatic heterocycles. The van der Waals surface area contributed by atoms with Crippen LogP contribution in [0.15, 0.2) is 48.5 Å². The van der Waals surface area contributed by atoms with Crippen LogP contribution in [0.1, 0.15) is 0 Å². The highest BCUT2D eigenvalue weighted by molar-refractivity contribution is 5.86. The lowest BCUT2D eigenvalue weighted by molar-refractivity contribution is -0.121. The lowest BCUT2D eigenvalue weighted by Crippen LogP contribution is -2.22. The topological polar surface area (TPSA) is 75.3 Å². The number of hydrogen-bond acceptors (Lipinski definition) is 6. The van der Waals surface area contributed by atoms with E-state index in [9.17, 15) is 4.79 Å². The summed E-state index contributed by atoms with van der Waals surface area (Å²) in [5, 5.41) is 2.63. The van der Waals surface area contributed by atoms with Crippen molar-refractivity contribution in [1.82, 2.24) is 0 Å². The maximum Gasteiger partial charge on any atom is 0.417 e. The largest absolute Gasteiger partial charge is 0.497 e. The Morgan fingerprint density at radius 2 is 1.44 bits per heavy atom. The maximum absolute atomic E-state index is 11.9. The molecule has 0 bridgehead atoms. The van der Waals surface area contributed by atoms with Crippen LogP contribution in [0.4, 0.5) is 10.5 Å². The zero-order valence-corrected chi connectivity index (χ0v) is 14.4. The number of methoxy groups -OCH3 is 3. The zero-order valence-electron chi connectivity index (χ0n) is 14.4. The summed E-state index contributed by atoms with van der Waals surface area (Å²) < 4.78 is 25.9. The minimum atomic E-state index is -0.585. The Morgan fingerprint density at radius 1 is 0.880 bits per heavy atom. The molecule has 7 nitrogen and oxygen atoms in total. The summed E-state index contributed by atoms with van der Waals surface area (Å²) in [5.41, 5.74) is 0.607. The summed E-state index contributed by atoms with van der Waals surface area (Å²) in [6.07, 6.45) is -1.02. The monoisotopic (exact) mass is 347 g/mol. The first-order chi connectivity index (χ1) is 12.1. The molecular formula is C18H21NO6. The molecule has 1 N–H and O–H groups in total. The molecular weight excluding hydrogens is 326 g/mol. The summed E-state index contributed by atoms with van der Waals surface area (Å²) in [7, 11) is 4.65. The van der Waals surface area contributed by atoms with E-state index in [0.717, 1.165) is 0 Å². The third-order valence-corrected chi connectivity index (χ3v) is 3.28. The van der Waals surface area contributed by atoms with E-state index in [1.807, 2.05) is 0 Å². The Hall–Kier alpha value is -2.77. The molecule has 2 aromatic carbocycles. The van der Waals surface area contributed by atoms with Crippen LogP contribution in [0.25, 0.3) is 0 Å². The van der Waals surface area contributed by atoms with Gasteiger partial charge >= 0.3 is 6.09 Å². The Morgan fingerprint density at radius 3 is 2.00 bits per heavy atom. The molecule has 0 aliphatic rings. The predicted molar refractivity (Wildman–Crippen MR) is 92.4 cm³/mol. The van der Waals surface area contributed by atoms with Crippen LogP contribution in [0.2, 0.25) is 0 Å². The molecule has 0 fully saturated rings. The molecule has 0 saturated heterocycles. The van der Waals surface area contributed by atoms with Crippen molar-refractivity contribution in [2.75, 3.05) is 33.3 Å². The van der Waals surface area contributed by atoms with Crippen molar-refractivity contribution in [3.8, 4) is 17.2 Å². The lowest BCUT2D eigenvalue weighted by atomic mass is 10.3. The number of hydrogen-bond donors (Lipinski definition) is 1. The van der Waals surface area contributed by atoms with Crippen LogP contribution in [0, 0.1) is 0 Å². The third-order valence-electron chi connectivity index (χ3n) is 3.28. The van der Waals surface area contributed by atoms with E-state index in [-0.39, 0.29) is 6.61 Å². The van der Waals surface area contributed by atoms with E-state index in [0.29, 0.717) is 22.9 Å². The fourth-order valence-electron chi connectivity index (χ4n) is 1.93. The number of rotatable bonds is 8. The Bertz CT molecular complexity index is 652. The fraction of sp³-hybridized carbons (Fsp3) is 0.278. The summed E-state index contributed by atoms with van der Waals surface area (Å²) >= 11 is 0. The Labute approximate surface area is 146 Å². The van der Waals surface area contributed by atoms with Crippen molar-refractivity contribution in [3.63, 3.8) is 0 Å². The van der Waals surface area contributed by atoms with Gasteiger partial charge in [0.15, 0.2) is 6.29 Å². The summed E-state index contributed by atoms with van der Waals surface area (Å²) in [6.45, 7) is 0.255. The second-order valence-electron chi connectivity index (χ2n) is 4.93. The van der Waals surface area contributed by atoms with Gasteiger partial charge in [0.2, 0.25) is 0 Å². The molecule has 0 aromatic heterocycles. The fourth-order valence-corrected chi connectivity index (χ4v) is 1.93. The van der Waals surface area contributed by atoms with Crippen LogP contribution in [0.5, 0.6) is 17.2 Å². The molecule has 7 heteroatoms. The number of benzene rings is 2. The van der Waals surface area contributed by atoms with Gasteiger partial charge in [-0.2, -0.15) is 0 Å². The molecule has 0 unspecified atom stereocenters. The standard InChI is InChI=1S/C18H21NO6/c1-21-14-6-4-13(5-7-14)19-18(20)25-16-10-8-15(9-11-16)24-12-17(22-2)23-3/h4-11,17H,12H2,1-3H3,(H,19,20). The van der Waals surface area contributed by atoms with Crippen molar-refractivity contribution < 1.29 is 28.5 Å². The highest BCUT2D eigenvalue weighted by Gasteiger charge is 2.08. The van der Waals surface area contributed by atoms with Crippen molar-refractivity contribution in [1.29, 1.82) is 0 Å². The van der Waals surface area contributed by atoms with Crippen LogP contribution in [0.3, 0.4) is 0 Å². The second-order valence-corrected chi connectivity index (χ2v) is 4.93. The van der Waals surface area contributed by atoms with Gasteiger partial charge in [-0.15, -0.1) is 0 Å². The highest BCUT2D eigenvalue weighted by atomic mass is 16.7. The van der Waals surface area contributed by atoms with Gasteiger partial charge in [0, 0.05) is 19.9 Å². The number of carbonyl (C=O) groups is 1. The maximum atomic E-state index is 11.9. The molecule has 2 rings (SSSR count). The third kappa shape index (κ3) is 5.98. The van der Waals surface area contributed by atoms with Crippen LogP contribution in [-0.2, 0) is 9.47 Å². The van der Waals surface area contributed by atoms with Gasteiger partial charge in [-0.05, 0) is 48.5 Å². The van der Waals surface area contributed by atoms with Gasteiger partial charge in [-0.3, -0.25) is 5.32 Å². The molecule has 25 heavy (non-hydrogen) atoms. The summed E-state index contributed by atoms with van der Waals surface area (Å²) in [5.74, 6) is 1.72. The van der Waals surface area contributed by atoms with Gasteiger partial charge in [0.05, 0.1) is 7.11 Å². The van der Waals surface area contributed by atoms with E-state index in [1.54, 1.807) is 55.6 Å². The van der Waals surface area contributed by atoms with Gasteiger partial charge in [0.1, 0.15) is 23.9 Å². The Balaban J connectivity index is 1.84. The number of anilines is 1. The van der Waals surface area contributed by atoms with Gasteiger partial charge in [-0.1, -0.05) is 0 Å². The number of nitrogens with one attached hydrogen (secondary N) is 1. The van der Waals surface area contributed by atoms with Crippen LogP contribution >= 0.6 is 0 Å². The normalized spacial score (nSPS) is 10.4. The Kier molecular flexibility index (Phi) is 7.06. The van der Waals surface area contributed by atoms with E-state index in [2.05, 4.69) is 5.32 Å². The SMILES string of the molecule is COc1ccc(NC(=O)Oc2ccc(OCC(OC)OC)cc2)cc1. The van der Waals surface area contributed by atoms with E-state index < -0.39 is 12.4 Å². The van der Waals surface area contributed by atoms with Crippen LogP contribution in [-0.4, -0.2) is 40.3 Å². The molecule has 134 valence electrons. The first-order valence-electron chi connectivity index (χ1n) is 7.56. The van der Waals surface area contributed by atoms with Crippen molar-refractivity contribution in [2.45, 2.75) is 6.29 Å². The average molecular weight is 347 g/mol. The highest BCUT2D eigenvalue weighted by Crippen LogP contribution is 2.19. The average Bonchev–Trinajstić information content (AvgIpc) is 2.64. The molecule has 2 aromatic rings. The first kappa shape index (κ1) is 18.6. The van der Waals surface area contributed by atoms with E-state index >= 15 is 0 Å². The predicted octanol–water partition coefficient (Wildman–Crippen LogP) is 3.30. The lowest BCUT2D eigenvalue weighted by Gasteiger charge is -2.14. The van der Waals surface area contributed by atoms with Gasteiger partial charge < -0.3 is 23.7 Å². The summed E-state index contributed by atoms with van der Waals surface area (Å²) in [4.78, 5) is 11.9. The van der Waals surface area contributed by atoms with E-state index in [4.69, 9.17) is 23.7 Å². The molecule has 0 heterocycles. The number of amides is 1. The van der Waals surface area contributed by atoms with Crippen LogP contribution < -0.4 is 19.5 Å². The molecule has 0 spiro atoms. The molecule has 1 amide bonds. The van der Waals surface area contributed by atoms with E-state index in [1.165, 1.54) is 14.2 Å². The quantitative estimate of drug-likeness (QED) is 0.739. The smallest absolute Gasteiger partial charge is 0.417 e. The van der Waals surface area contributed by atoms with Gasteiger partial charge in [-0.25, -0.2) is 4.79 Å². The molecule has 0 aliphatic carbocycles. The van der Waals surface area contributed by atoms with Crippen molar-refractivity contribution in [2.24, 2.45) is 0 Å². The number of ether oxygens (including phenoxy) is 5. The van der Waals surface area contributed by atoms with Gasteiger partial charge in [0.25, 0.3) is 0 Å². The second kappa shape index (κ2) is 9.51. The molecule has 0 saturated carbocycles. The minimum absolute atomic E-state index is 0.255.